The minimum atomic E-state index is 0.424. The fourth-order valence-electron chi connectivity index (χ4n) is 3.02. The summed E-state index contributed by atoms with van der Waals surface area (Å²) >= 11 is 2.11. The zero-order valence-electron chi connectivity index (χ0n) is 11.0. The second kappa shape index (κ2) is 5.28. The minimum Gasteiger partial charge on any atom is -0.312 e. The number of nitrogens with zero attached hydrogens (tertiary/aromatic N) is 1. The van der Waals surface area contributed by atoms with Crippen LogP contribution in [0.15, 0.2) is 0 Å². The monoisotopic (exact) mass is 242 g/mol. The molecule has 2 nitrogen and oxygen atoms in total. The second-order valence-electron chi connectivity index (χ2n) is 5.82. The molecule has 2 aliphatic rings. The van der Waals surface area contributed by atoms with Gasteiger partial charge in [-0.05, 0) is 45.0 Å². The summed E-state index contributed by atoms with van der Waals surface area (Å²) in [7, 11) is 4.48. The normalized spacial score (nSPS) is 39.8. The van der Waals surface area contributed by atoms with Gasteiger partial charge in [0.2, 0.25) is 0 Å². The highest BCUT2D eigenvalue weighted by molar-refractivity contribution is 7.99. The smallest absolute Gasteiger partial charge is 0.0425 e. The van der Waals surface area contributed by atoms with Gasteiger partial charge in [-0.15, -0.1) is 0 Å². The summed E-state index contributed by atoms with van der Waals surface area (Å²) in [6.07, 6.45) is 5.57. The Morgan fingerprint density at radius 1 is 1.38 bits per heavy atom. The van der Waals surface area contributed by atoms with E-state index in [1.54, 1.807) is 0 Å². The molecule has 0 amide bonds. The molecule has 0 aromatic carbocycles. The predicted molar refractivity (Wildman–Crippen MR) is 73.2 cm³/mol. The Bertz CT molecular complexity index is 224. The van der Waals surface area contributed by atoms with Crippen molar-refractivity contribution in [3.8, 4) is 0 Å². The Hall–Kier alpha value is 0.270. The lowest BCUT2D eigenvalue weighted by atomic mass is 9.96. The highest BCUT2D eigenvalue weighted by Crippen LogP contribution is 2.32. The Morgan fingerprint density at radius 3 is 2.69 bits per heavy atom. The predicted octanol–water partition coefficient (Wildman–Crippen LogP) is 2.20. The highest BCUT2D eigenvalue weighted by Gasteiger charge is 2.37. The molecule has 2 fully saturated rings. The number of likely N-dealkylation sites (N-methyl/N-ethyl adjacent to an activating group) is 1. The van der Waals surface area contributed by atoms with Gasteiger partial charge in [0, 0.05) is 23.9 Å². The summed E-state index contributed by atoms with van der Waals surface area (Å²) in [6, 6.07) is 0.780. The summed E-state index contributed by atoms with van der Waals surface area (Å²) in [4.78, 5) is 2.44. The van der Waals surface area contributed by atoms with E-state index >= 15 is 0 Å². The second-order valence-corrected chi connectivity index (χ2v) is 6.92. The van der Waals surface area contributed by atoms with Crippen molar-refractivity contribution < 1.29 is 0 Å². The summed E-state index contributed by atoms with van der Waals surface area (Å²) in [6.45, 7) is 3.58. The third kappa shape index (κ3) is 2.57. The molecule has 3 unspecified atom stereocenters. The van der Waals surface area contributed by atoms with E-state index in [0.717, 1.165) is 12.0 Å². The lowest BCUT2D eigenvalue weighted by Crippen LogP contribution is -2.54. The van der Waals surface area contributed by atoms with Crippen molar-refractivity contribution in [1.82, 2.24) is 10.2 Å². The maximum Gasteiger partial charge on any atom is 0.0425 e. The summed E-state index contributed by atoms with van der Waals surface area (Å²) in [5.74, 6) is 3.52. The molecule has 2 rings (SSSR count). The van der Waals surface area contributed by atoms with Gasteiger partial charge in [-0.1, -0.05) is 13.3 Å². The van der Waals surface area contributed by atoms with Crippen LogP contribution in [0.1, 0.15) is 32.6 Å². The van der Waals surface area contributed by atoms with Crippen molar-refractivity contribution in [3.05, 3.63) is 0 Å². The van der Waals surface area contributed by atoms with E-state index in [-0.39, 0.29) is 0 Å². The topological polar surface area (TPSA) is 15.3 Å². The fourth-order valence-corrected chi connectivity index (χ4v) is 4.57. The van der Waals surface area contributed by atoms with E-state index in [0.29, 0.717) is 5.54 Å². The van der Waals surface area contributed by atoms with Crippen LogP contribution in [0.2, 0.25) is 0 Å². The van der Waals surface area contributed by atoms with Gasteiger partial charge in [-0.3, -0.25) is 0 Å². The number of nitrogens with one attached hydrogen (secondary N) is 1. The molecular weight excluding hydrogens is 216 g/mol. The van der Waals surface area contributed by atoms with Gasteiger partial charge in [0.25, 0.3) is 0 Å². The average Bonchev–Trinajstić information content (AvgIpc) is 2.84. The number of hydrogen-bond acceptors (Lipinski definition) is 3. The van der Waals surface area contributed by atoms with E-state index in [4.69, 9.17) is 0 Å². The lowest BCUT2D eigenvalue weighted by Gasteiger charge is -2.37. The van der Waals surface area contributed by atoms with Crippen LogP contribution in [-0.4, -0.2) is 48.6 Å². The van der Waals surface area contributed by atoms with Crippen LogP contribution in [0.5, 0.6) is 0 Å². The van der Waals surface area contributed by atoms with Crippen molar-refractivity contribution in [2.75, 3.05) is 32.1 Å². The first-order chi connectivity index (χ1) is 7.64. The van der Waals surface area contributed by atoms with Crippen LogP contribution in [0.4, 0.5) is 0 Å². The van der Waals surface area contributed by atoms with Gasteiger partial charge in [0.15, 0.2) is 0 Å². The number of rotatable bonds is 4. The molecule has 16 heavy (non-hydrogen) atoms. The molecule has 1 aliphatic carbocycles. The Labute approximate surface area is 105 Å². The molecule has 1 heterocycles. The molecule has 0 aromatic rings. The van der Waals surface area contributed by atoms with E-state index in [1.807, 2.05) is 0 Å². The third-order valence-corrected chi connectivity index (χ3v) is 5.82. The Balaban J connectivity index is 1.87. The molecule has 0 aromatic heterocycles. The summed E-state index contributed by atoms with van der Waals surface area (Å²) in [5.41, 5.74) is 0.424. The van der Waals surface area contributed by atoms with Crippen molar-refractivity contribution >= 4 is 11.8 Å². The van der Waals surface area contributed by atoms with Crippen LogP contribution >= 0.6 is 11.8 Å². The first kappa shape index (κ1) is 12.7. The molecule has 0 bridgehead atoms. The quantitative estimate of drug-likeness (QED) is 0.814. The van der Waals surface area contributed by atoms with Crippen LogP contribution < -0.4 is 5.32 Å². The van der Waals surface area contributed by atoms with Crippen molar-refractivity contribution in [2.24, 2.45) is 5.92 Å². The molecule has 0 radical (unpaired) electrons. The zero-order valence-corrected chi connectivity index (χ0v) is 11.8. The Kier molecular flexibility index (Phi) is 4.20. The van der Waals surface area contributed by atoms with Gasteiger partial charge in [-0.25, -0.2) is 0 Å². The van der Waals surface area contributed by atoms with Gasteiger partial charge >= 0.3 is 0 Å². The first-order valence-corrected chi connectivity index (χ1v) is 7.78. The van der Waals surface area contributed by atoms with Gasteiger partial charge in [0.05, 0.1) is 0 Å². The maximum absolute atomic E-state index is 3.84. The largest absolute Gasteiger partial charge is 0.312 e. The molecule has 1 aliphatic heterocycles. The summed E-state index contributed by atoms with van der Waals surface area (Å²) < 4.78 is 0. The fraction of sp³-hybridized carbons (Fsp3) is 1.00. The molecule has 0 spiro atoms. The number of thioether (sulfide) groups is 1. The van der Waals surface area contributed by atoms with E-state index in [2.05, 4.69) is 43.0 Å². The first-order valence-electron chi connectivity index (χ1n) is 6.63. The van der Waals surface area contributed by atoms with E-state index in [1.165, 1.54) is 43.7 Å². The third-order valence-electron chi connectivity index (χ3n) is 4.59. The SMILES string of the molecule is CC1CCCC1NCC1(N(C)C)CCSC1. The van der Waals surface area contributed by atoms with Crippen molar-refractivity contribution in [2.45, 2.75) is 44.2 Å². The minimum absolute atomic E-state index is 0.424. The summed E-state index contributed by atoms with van der Waals surface area (Å²) in [5, 5.41) is 3.84. The van der Waals surface area contributed by atoms with Crippen LogP contribution in [0.25, 0.3) is 0 Å². The molecule has 3 heteroatoms. The maximum atomic E-state index is 3.84. The van der Waals surface area contributed by atoms with Gasteiger partial charge in [-0.2, -0.15) is 11.8 Å². The van der Waals surface area contributed by atoms with Crippen molar-refractivity contribution in [1.29, 1.82) is 0 Å². The standard InChI is InChI=1S/C13H26N2S/c1-11-5-4-6-12(11)14-9-13(15(2)3)7-8-16-10-13/h11-12,14H,4-10H2,1-3H3. The molecule has 94 valence electrons. The van der Waals surface area contributed by atoms with E-state index < -0.39 is 0 Å². The molecule has 1 saturated carbocycles. The highest BCUT2D eigenvalue weighted by atomic mass is 32.2. The number of hydrogen-bond donors (Lipinski definition) is 1. The van der Waals surface area contributed by atoms with Crippen LogP contribution in [0.3, 0.4) is 0 Å². The average molecular weight is 242 g/mol. The molecule has 3 atom stereocenters. The molecular formula is C13H26N2S. The lowest BCUT2D eigenvalue weighted by molar-refractivity contribution is 0.167. The van der Waals surface area contributed by atoms with Crippen molar-refractivity contribution in [3.63, 3.8) is 0 Å². The van der Waals surface area contributed by atoms with Gasteiger partial charge < -0.3 is 10.2 Å². The zero-order chi connectivity index (χ0) is 11.6. The molecule has 1 N–H and O–H groups in total. The molecule has 1 saturated heterocycles. The van der Waals surface area contributed by atoms with E-state index in [9.17, 15) is 0 Å². The Morgan fingerprint density at radius 2 is 2.19 bits per heavy atom. The van der Waals surface area contributed by atoms with Crippen LogP contribution in [-0.2, 0) is 0 Å². The van der Waals surface area contributed by atoms with Gasteiger partial charge in [0.1, 0.15) is 0 Å². The van der Waals surface area contributed by atoms with Crippen LogP contribution in [0, 0.1) is 5.92 Å².